The highest BCUT2D eigenvalue weighted by atomic mass is 32.3. The van der Waals surface area contributed by atoms with Crippen molar-refractivity contribution in [1.82, 2.24) is 0 Å². The van der Waals surface area contributed by atoms with E-state index in [2.05, 4.69) is 5.32 Å². The lowest BCUT2D eigenvalue weighted by atomic mass is 10.1. The fourth-order valence-electron chi connectivity index (χ4n) is 3.04. The van der Waals surface area contributed by atoms with Crippen molar-refractivity contribution < 1.29 is 23.4 Å². The Morgan fingerprint density at radius 3 is 2.47 bits per heavy atom. The predicted octanol–water partition coefficient (Wildman–Crippen LogP) is 3.01. The van der Waals surface area contributed by atoms with E-state index in [0.29, 0.717) is 17.1 Å². The average Bonchev–Trinajstić information content (AvgIpc) is 2.78. The van der Waals surface area contributed by atoms with Crippen LogP contribution in [-0.2, 0) is 0 Å². The third kappa shape index (κ3) is 2.29. The second-order valence-corrected chi connectivity index (χ2v) is 7.43. The van der Waals surface area contributed by atoms with E-state index < -0.39 is 22.5 Å². The minimum Gasteiger partial charge on any atom is -0.465 e. The van der Waals surface area contributed by atoms with Crippen molar-refractivity contribution in [3.05, 3.63) is 29.6 Å². The van der Waals surface area contributed by atoms with E-state index in [4.69, 9.17) is 5.11 Å². The lowest BCUT2D eigenvalue weighted by Crippen LogP contribution is -2.09. The zero-order chi connectivity index (χ0) is 13.8. The lowest BCUT2D eigenvalue weighted by Gasteiger charge is -2.29. The van der Waals surface area contributed by atoms with E-state index >= 15 is 0 Å². The summed E-state index contributed by atoms with van der Waals surface area (Å²) in [6, 6.07) is 4.27. The first-order valence-electron chi connectivity index (χ1n) is 5.90. The standard InChI is InChI=1S/C12H14FNO4S/c13-10-3-6(14-12(15)16)1-2-7(10)11-8-4-19(17,18)5-9(8)11/h1-3,8-9,11,14,17-18H,4-5H2,(H,15,16). The van der Waals surface area contributed by atoms with Gasteiger partial charge in [-0.25, -0.2) is 9.18 Å². The molecule has 1 amide bonds. The van der Waals surface area contributed by atoms with Crippen LogP contribution >= 0.6 is 10.6 Å². The van der Waals surface area contributed by atoms with Gasteiger partial charge in [-0.3, -0.25) is 14.4 Å². The topological polar surface area (TPSA) is 89.8 Å². The number of carbonyl (C=O) groups is 1. The number of fused-ring (bicyclic) bond motifs is 1. The van der Waals surface area contributed by atoms with E-state index in [1.807, 2.05) is 0 Å². The smallest absolute Gasteiger partial charge is 0.409 e. The number of benzene rings is 1. The van der Waals surface area contributed by atoms with Crippen molar-refractivity contribution in [2.75, 3.05) is 16.8 Å². The third-order valence-electron chi connectivity index (χ3n) is 3.86. The van der Waals surface area contributed by atoms with E-state index in [9.17, 15) is 18.3 Å². The molecule has 0 spiro atoms. The van der Waals surface area contributed by atoms with Gasteiger partial charge in [-0.2, -0.15) is 10.6 Å². The summed E-state index contributed by atoms with van der Waals surface area (Å²) in [6.07, 6.45) is -1.23. The highest BCUT2D eigenvalue weighted by Crippen LogP contribution is 2.69. The van der Waals surface area contributed by atoms with Gasteiger partial charge in [0.05, 0.1) is 0 Å². The fourth-order valence-corrected chi connectivity index (χ4v) is 5.32. The Bertz CT molecular complexity index is 537. The molecular weight excluding hydrogens is 273 g/mol. The largest absolute Gasteiger partial charge is 0.465 e. The molecule has 2 aliphatic rings. The summed E-state index contributed by atoms with van der Waals surface area (Å²) in [4.78, 5) is 10.5. The number of anilines is 1. The summed E-state index contributed by atoms with van der Waals surface area (Å²) >= 11 is 0. The Kier molecular flexibility index (Phi) is 2.74. The van der Waals surface area contributed by atoms with Crippen LogP contribution in [0.4, 0.5) is 14.9 Å². The predicted molar refractivity (Wildman–Crippen MR) is 70.4 cm³/mol. The molecule has 0 bridgehead atoms. The summed E-state index contributed by atoms with van der Waals surface area (Å²) in [5.41, 5.74) is 0.740. The maximum Gasteiger partial charge on any atom is 0.409 e. The summed E-state index contributed by atoms with van der Waals surface area (Å²) in [5.74, 6) is 0.616. The first-order chi connectivity index (χ1) is 8.87. The summed E-state index contributed by atoms with van der Waals surface area (Å²) in [6.45, 7) is 0. The van der Waals surface area contributed by atoms with E-state index in [1.54, 1.807) is 6.07 Å². The minimum absolute atomic E-state index is 0.0406. The molecule has 4 N–H and O–H groups in total. The molecular formula is C12H14FNO4S. The Morgan fingerprint density at radius 2 is 1.95 bits per heavy atom. The number of amides is 1. The van der Waals surface area contributed by atoms with Crippen molar-refractivity contribution in [2.45, 2.75) is 5.92 Å². The molecule has 1 aromatic carbocycles. The van der Waals surface area contributed by atoms with Crippen LogP contribution in [0.15, 0.2) is 18.2 Å². The number of rotatable bonds is 2. The number of halogens is 1. The maximum atomic E-state index is 13.9. The van der Waals surface area contributed by atoms with Gasteiger partial charge in [0.1, 0.15) is 5.82 Å². The molecule has 0 aromatic heterocycles. The van der Waals surface area contributed by atoms with Crippen LogP contribution in [0.1, 0.15) is 11.5 Å². The Hall–Kier alpha value is -1.31. The molecule has 1 saturated heterocycles. The monoisotopic (exact) mass is 287 g/mol. The molecule has 1 heterocycles. The molecule has 104 valence electrons. The van der Waals surface area contributed by atoms with Gasteiger partial charge in [-0.15, -0.1) is 0 Å². The summed E-state index contributed by atoms with van der Waals surface area (Å²) < 4.78 is 33.0. The Morgan fingerprint density at radius 1 is 1.32 bits per heavy atom. The van der Waals surface area contributed by atoms with Gasteiger partial charge < -0.3 is 5.11 Å². The summed E-state index contributed by atoms with van der Waals surface area (Å²) in [7, 11) is -2.44. The van der Waals surface area contributed by atoms with Gasteiger partial charge >= 0.3 is 6.09 Å². The quantitative estimate of drug-likeness (QED) is 0.673. The molecule has 19 heavy (non-hydrogen) atoms. The molecule has 1 saturated carbocycles. The van der Waals surface area contributed by atoms with Crippen molar-refractivity contribution in [3.63, 3.8) is 0 Å². The SMILES string of the molecule is O=C(O)Nc1ccc(C2C3CS(O)(O)CC32)c(F)c1. The van der Waals surface area contributed by atoms with Crippen LogP contribution < -0.4 is 5.32 Å². The van der Waals surface area contributed by atoms with Crippen LogP contribution in [0.2, 0.25) is 0 Å². The van der Waals surface area contributed by atoms with Gasteiger partial charge in [0.2, 0.25) is 0 Å². The molecule has 1 aliphatic carbocycles. The van der Waals surface area contributed by atoms with Crippen molar-refractivity contribution in [1.29, 1.82) is 0 Å². The minimum atomic E-state index is -2.44. The average molecular weight is 287 g/mol. The Balaban J connectivity index is 1.76. The number of hydrogen-bond acceptors (Lipinski definition) is 3. The molecule has 2 atom stereocenters. The van der Waals surface area contributed by atoms with E-state index in [-0.39, 0.29) is 23.4 Å². The van der Waals surface area contributed by atoms with Crippen LogP contribution in [0, 0.1) is 17.7 Å². The second kappa shape index (κ2) is 4.09. The molecule has 2 unspecified atom stereocenters. The zero-order valence-electron chi connectivity index (χ0n) is 9.91. The zero-order valence-corrected chi connectivity index (χ0v) is 10.7. The van der Waals surface area contributed by atoms with Crippen molar-refractivity contribution in [3.8, 4) is 0 Å². The molecule has 0 radical (unpaired) electrons. The highest BCUT2D eigenvalue weighted by Gasteiger charge is 2.59. The molecule has 1 aromatic rings. The number of carboxylic acid groups (broad SMARTS) is 1. The third-order valence-corrected chi connectivity index (χ3v) is 5.70. The van der Waals surface area contributed by atoms with Crippen LogP contribution in [0.25, 0.3) is 0 Å². The highest BCUT2D eigenvalue weighted by molar-refractivity contribution is 8.24. The normalized spacial score (nSPS) is 32.5. The first-order valence-corrected chi connectivity index (χ1v) is 7.79. The van der Waals surface area contributed by atoms with Crippen LogP contribution in [-0.4, -0.2) is 31.8 Å². The summed E-state index contributed by atoms with van der Waals surface area (Å²) in [5, 5.41) is 10.6. The van der Waals surface area contributed by atoms with Gasteiger partial charge in [0, 0.05) is 17.2 Å². The lowest BCUT2D eigenvalue weighted by molar-refractivity contribution is 0.209. The molecule has 1 aliphatic heterocycles. The number of nitrogens with one attached hydrogen (secondary N) is 1. The second-order valence-electron chi connectivity index (χ2n) is 5.16. The van der Waals surface area contributed by atoms with Crippen molar-refractivity contribution in [2.24, 2.45) is 11.8 Å². The molecule has 3 rings (SSSR count). The number of hydrogen-bond donors (Lipinski definition) is 4. The first kappa shape index (κ1) is 12.7. The van der Waals surface area contributed by atoms with Crippen molar-refractivity contribution >= 4 is 22.4 Å². The van der Waals surface area contributed by atoms with E-state index in [1.165, 1.54) is 6.07 Å². The molecule has 5 nitrogen and oxygen atoms in total. The van der Waals surface area contributed by atoms with Gasteiger partial charge in [0.15, 0.2) is 0 Å². The van der Waals surface area contributed by atoms with Gasteiger partial charge in [0.25, 0.3) is 0 Å². The van der Waals surface area contributed by atoms with Gasteiger partial charge in [-0.1, -0.05) is 6.07 Å². The molecule has 2 fully saturated rings. The van der Waals surface area contributed by atoms with Crippen LogP contribution in [0.5, 0.6) is 0 Å². The van der Waals surface area contributed by atoms with E-state index in [0.717, 1.165) is 6.07 Å². The van der Waals surface area contributed by atoms with Gasteiger partial charge in [-0.05, 0) is 35.4 Å². The maximum absolute atomic E-state index is 13.9. The molecule has 7 heteroatoms. The fraction of sp³-hybridized carbons (Fsp3) is 0.417. The van der Waals surface area contributed by atoms with Crippen LogP contribution in [0.3, 0.4) is 0 Å². The Labute approximate surface area is 110 Å².